The topological polar surface area (TPSA) is 73.2 Å². The third kappa shape index (κ3) is 4.25. The van der Waals surface area contributed by atoms with Crippen LogP contribution in [-0.2, 0) is 9.53 Å². The van der Waals surface area contributed by atoms with Crippen molar-refractivity contribution in [2.24, 2.45) is 0 Å². The van der Waals surface area contributed by atoms with Crippen LogP contribution >= 0.6 is 11.3 Å². The Kier molecular flexibility index (Phi) is 5.41. The molecule has 0 radical (unpaired) electrons. The lowest BCUT2D eigenvalue weighted by atomic mass is 10.2. The summed E-state index contributed by atoms with van der Waals surface area (Å²) in [7, 11) is 0. The second-order valence-electron chi connectivity index (χ2n) is 6.33. The van der Waals surface area contributed by atoms with Gasteiger partial charge in [0.2, 0.25) is 0 Å². The predicted molar refractivity (Wildman–Crippen MR) is 106 cm³/mol. The first kappa shape index (κ1) is 18.8. The molecular formula is C20H21N3O3S. The number of carbonyl (C=O) groups is 2. The van der Waals surface area contributed by atoms with E-state index in [1.807, 2.05) is 58.0 Å². The molecule has 7 heteroatoms. The Morgan fingerprint density at radius 1 is 1.07 bits per heavy atom. The maximum Gasteiger partial charge on any atom is 0.348 e. The van der Waals surface area contributed by atoms with Crippen molar-refractivity contribution < 1.29 is 14.3 Å². The Balaban J connectivity index is 1.67. The Labute approximate surface area is 161 Å². The van der Waals surface area contributed by atoms with E-state index in [2.05, 4.69) is 10.4 Å². The van der Waals surface area contributed by atoms with Gasteiger partial charge in [0.05, 0.1) is 22.8 Å². The first-order valence-electron chi connectivity index (χ1n) is 8.52. The number of ether oxygens (including phenoxy) is 1. The molecule has 1 amide bonds. The molecule has 0 spiro atoms. The number of aryl methyl sites for hydroxylation is 3. The summed E-state index contributed by atoms with van der Waals surface area (Å²) in [6.45, 7) is 7.30. The zero-order valence-electron chi connectivity index (χ0n) is 15.7. The summed E-state index contributed by atoms with van der Waals surface area (Å²) < 4.78 is 6.87. The number of amides is 1. The molecule has 0 atom stereocenters. The van der Waals surface area contributed by atoms with E-state index < -0.39 is 11.9 Å². The molecule has 0 fully saturated rings. The van der Waals surface area contributed by atoms with E-state index in [0.717, 1.165) is 21.8 Å². The van der Waals surface area contributed by atoms with Crippen molar-refractivity contribution in [3.8, 4) is 5.69 Å². The molecule has 1 aromatic carbocycles. The predicted octanol–water partition coefficient (Wildman–Crippen LogP) is 3.96. The van der Waals surface area contributed by atoms with Crippen LogP contribution in [-0.4, -0.2) is 28.3 Å². The summed E-state index contributed by atoms with van der Waals surface area (Å²) in [5, 5.41) is 7.30. The van der Waals surface area contributed by atoms with E-state index in [1.54, 1.807) is 10.7 Å². The van der Waals surface area contributed by atoms with Gasteiger partial charge in [-0.05, 0) is 52.0 Å². The van der Waals surface area contributed by atoms with Gasteiger partial charge in [-0.15, -0.1) is 11.3 Å². The Bertz CT molecular complexity index is 987. The van der Waals surface area contributed by atoms with Crippen molar-refractivity contribution in [1.82, 2.24) is 9.78 Å². The molecule has 0 saturated carbocycles. The number of nitrogens with one attached hydrogen (secondary N) is 1. The van der Waals surface area contributed by atoms with Crippen molar-refractivity contribution in [3.63, 3.8) is 0 Å². The Hall–Kier alpha value is -2.93. The molecule has 3 rings (SSSR count). The molecule has 0 saturated heterocycles. The maximum atomic E-state index is 12.2. The zero-order chi connectivity index (χ0) is 19.6. The SMILES string of the molecule is Cc1ccc(-n2nc(C)c(NC(=O)COC(=O)c3ccc(C)s3)c2C)cc1. The molecule has 0 unspecified atom stereocenters. The van der Waals surface area contributed by atoms with Crippen molar-refractivity contribution in [1.29, 1.82) is 0 Å². The fourth-order valence-corrected chi connectivity index (χ4v) is 3.44. The van der Waals surface area contributed by atoms with Gasteiger partial charge < -0.3 is 10.1 Å². The van der Waals surface area contributed by atoms with Gasteiger partial charge in [-0.2, -0.15) is 5.10 Å². The van der Waals surface area contributed by atoms with Gasteiger partial charge in [-0.3, -0.25) is 4.79 Å². The van der Waals surface area contributed by atoms with Gasteiger partial charge in [0, 0.05) is 4.88 Å². The monoisotopic (exact) mass is 383 g/mol. The summed E-state index contributed by atoms with van der Waals surface area (Å²) in [5.41, 5.74) is 4.22. The number of benzene rings is 1. The molecular weight excluding hydrogens is 362 g/mol. The molecule has 0 aliphatic carbocycles. The number of hydrogen-bond acceptors (Lipinski definition) is 5. The molecule has 0 bridgehead atoms. The summed E-state index contributed by atoms with van der Waals surface area (Å²) in [5.74, 6) is -0.890. The summed E-state index contributed by atoms with van der Waals surface area (Å²) in [6.07, 6.45) is 0. The Morgan fingerprint density at radius 2 is 1.78 bits per heavy atom. The molecule has 6 nitrogen and oxygen atoms in total. The van der Waals surface area contributed by atoms with Crippen LogP contribution in [0.3, 0.4) is 0 Å². The van der Waals surface area contributed by atoms with Crippen LogP contribution in [0.4, 0.5) is 5.69 Å². The van der Waals surface area contributed by atoms with E-state index in [9.17, 15) is 9.59 Å². The normalized spacial score (nSPS) is 10.7. The van der Waals surface area contributed by atoms with E-state index in [4.69, 9.17) is 4.74 Å². The van der Waals surface area contributed by atoms with Crippen molar-refractivity contribution in [2.75, 3.05) is 11.9 Å². The number of hydrogen-bond donors (Lipinski definition) is 1. The minimum atomic E-state index is -0.493. The standard InChI is InChI=1S/C20H21N3O3S/c1-12-5-8-16(9-6-12)23-15(4)19(14(3)22-23)21-18(24)11-26-20(25)17-10-7-13(2)27-17/h5-10H,11H2,1-4H3,(H,21,24). The van der Waals surface area contributed by atoms with Crippen LogP contribution in [0, 0.1) is 27.7 Å². The maximum absolute atomic E-state index is 12.2. The second kappa shape index (κ2) is 7.75. The number of rotatable bonds is 5. The summed E-state index contributed by atoms with van der Waals surface area (Å²) in [6, 6.07) is 11.5. The molecule has 27 heavy (non-hydrogen) atoms. The van der Waals surface area contributed by atoms with Crippen molar-refractivity contribution >= 4 is 28.9 Å². The minimum absolute atomic E-state index is 0.343. The lowest BCUT2D eigenvalue weighted by molar-refractivity contribution is -0.119. The highest BCUT2D eigenvalue weighted by Crippen LogP contribution is 2.23. The molecule has 2 aromatic heterocycles. The number of nitrogens with zero attached hydrogens (tertiary/aromatic N) is 2. The van der Waals surface area contributed by atoms with Gasteiger partial charge in [-0.25, -0.2) is 9.48 Å². The number of aromatic nitrogens is 2. The van der Waals surface area contributed by atoms with E-state index in [0.29, 0.717) is 16.3 Å². The van der Waals surface area contributed by atoms with Gasteiger partial charge in [0.25, 0.3) is 5.91 Å². The number of carbonyl (C=O) groups excluding carboxylic acids is 2. The third-order valence-corrected chi connectivity index (χ3v) is 5.09. The van der Waals surface area contributed by atoms with Crippen molar-refractivity contribution in [3.05, 3.63) is 63.1 Å². The zero-order valence-corrected chi connectivity index (χ0v) is 16.5. The third-order valence-electron chi connectivity index (χ3n) is 4.11. The lowest BCUT2D eigenvalue weighted by Crippen LogP contribution is -2.21. The number of anilines is 1. The van der Waals surface area contributed by atoms with Crippen LogP contribution in [0.25, 0.3) is 5.69 Å². The molecule has 3 aromatic rings. The van der Waals surface area contributed by atoms with Crippen LogP contribution in [0.5, 0.6) is 0 Å². The highest BCUT2D eigenvalue weighted by molar-refractivity contribution is 7.13. The summed E-state index contributed by atoms with van der Waals surface area (Å²) >= 11 is 1.34. The van der Waals surface area contributed by atoms with E-state index in [-0.39, 0.29) is 6.61 Å². The van der Waals surface area contributed by atoms with Gasteiger partial charge in [-0.1, -0.05) is 17.7 Å². The van der Waals surface area contributed by atoms with Gasteiger partial charge in [0.1, 0.15) is 4.88 Å². The van der Waals surface area contributed by atoms with Crippen LogP contribution in [0.15, 0.2) is 36.4 Å². The first-order chi connectivity index (χ1) is 12.8. The fraction of sp³-hybridized carbons (Fsp3) is 0.250. The molecule has 2 heterocycles. The smallest absolute Gasteiger partial charge is 0.348 e. The second-order valence-corrected chi connectivity index (χ2v) is 7.62. The van der Waals surface area contributed by atoms with Gasteiger partial charge >= 0.3 is 5.97 Å². The first-order valence-corrected chi connectivity index (χ1v) is 9.33. The van der Waals surface area contributed by atoms with E-state index >= 15 is 0 Å². The van der Waals surface area contributed by atoms with Crippen LogP contribution in [0.2, 0.25) is 0 Å². The summed E-state index contributed by atoms with van der Waals surface area (Å²) in [4.78, 5) is 25.7. The van der Waals surface area contributed by atoms with Gasteiger partial charge in [0.15, 0.2) is 6.61 Å². The average Bonchev–Trinajstić information content (AvgIpc) is 3.19. The highest BCUT2D eigenvalue weighted by Gasteiger charge is 2.17. The molecule has 0 aliphatic rings. The number of thiophene rings is 1. The highest BCUT2D eigenvalue weighted by atomic mass is 32.1. The van der Waals surface area contributed by atoms with Crippen LogP contribution < -0.4 is 5.32 Å². The molecule has 1 N–H and O–H groups in total. The number of esters is 1. The lowest BCUT2D eigenvalue weighted by Gasteiger charge is -2.08. The molecule has 140 valence electrons. The van der Waals surface area contributed by atoms with Crippen molar-refractivity contribution in [2.45, 2.75) is 27.7 Å². The minimum Gasteiger partial charge on any atom is -0.451 e. The Morgan fingerprint density at radius 3 is 2.41 bits per heavy atom. The fourth-order valence-electron chi connectivity index (χ4n) is 2.68. The van der Waals surface area contributed by atoms with E-state index in [1.165, 1.54) is 11.3 Å². The molecule has 0 aliphatic heterocycles. The van der Waals surface area contributed by atoms with Crippen LogP contribution in [0.1, 0.15) is 31.5 Å². The average molecular weight is 383 g/mol. The largest absolute Gasteiger partial charge is 0.451 e. The quantitative estimate of drug-likeness (QED) is 0.677.